The summed E-state index contributed by atoms with van der Waals surface area (Å²) < 4.78 is 0. The van der Waals surface area contributed by atoms with E-state index in [1.165, 1.54) is 0 Å². The molecule has 72 valence electrons. The van der Waals surface area contributed by atoms with Gasteiger partial charge in [0.15, 0.2) is 0 Å². The number of likely N-dealkylation sites (N-methyl/N-ethyl adjacent to an activating group) is 1. The maximum absolute atomic E-state index is 11.7. The Bertz CT molecular complexity index is 295. The second-order valence-electron chi connectivity index (χ2n) is 4.66. The molecular formula is C10H15NO2. The van der Waals surface area contributed by atoms with Gasteiger partial charge in [0.25, 0.3) is 0 Å². The Labute approximate surface area is 77.9 Å². The molecule has 0 amide bonds. The zero-order valence-electron chi connectivity index (χ0n) is 8.31. The van der Waals surface area contributed by atoms with Crippen molar-refractivity contribution in [3.8, 4) is 0 Å². The topological polar surface area (TPSA) is 46.2 Å². The molecule has 2 unspecified atom stereocenters. The van der Waals surface area contributed by atoms with Crippen LogP contribution >= 0.6 is 0 Å². The van der Waals surface area contributed by atoms with Crippen molar-refractivity contribution in [3.05, 3.63) is 0 Å². The van der Waals surface area contributed by atoms with Gasteiger partial charge in [-0.1, -0.05) is 13.8 Å². The Morgan fingerprint density at radius 3 is 2.31 bits per heavy atom. The van der Waals surface area contributed by atoms with Crippen molar-refractivity contribution in [2.75, 3.05) is 7.05 Å². The molecule has 0 aromatic rings. The molecule has 13 heavy (non-hydrogen) atoms. The molecule has 2 fully saturated rings. The second kappa shape index (κ2) is 2.21. The molecule has 0 saturated heterocycles. The molecule has 0 aliphatic heterocycles. The van der Waals surface area contributed by atoms with Gasteiger partial charge in [-0.2, -0.15) is 0 Å². The summed E-state index contributed by atoms with van der Waals surface area (Å²) in [5, 5.41) is 3.07. The van der Waals surface area contributed by atoms with Crippen molar-refractivity contribution in [2.24, 2.45) is 11.3 Å². The highest BCUT2D eigenvalue weighted by atomic mass is 16.2. The normalized spacial score (nSPS) is 41.6. The van der Waals surface area contributed by atoms with E-state index in [0.717, 1.165) is 12.8 Å². The van der Waals surface area contributed by atoms with E-state index in [1.807, 2.05) is 13.8 Å². The van der Waals surface area contributed by atoms with Gasteiger partial charge in [0.05, 0.1) is 5.54 Å². The van der Waals surface area contributed by atoms with E-state index in [2.05, 4.69) is 5.32 Å². The lowest BCUT2D eigenvalue weighted by atomic mass is 9.76. The third-order valence-electron chi connectivity index (χ3n) is 4.13. The molecule has 1 N–H and O–H groups in total. The van der Waals surface area contributed by atoms with Crippen molar-refractivity contribution in [1.82, 2.24) is 5.32 Å². The summed E-state index contributed by atoms with van der Waals surface area (Å²) in [5.74, 6) is -0.408. The molecule has 2 aliphatic carbocycles. The number of fused-ring (bicyclic) bond motifs is 2. The van der Waals surface area contributed by atoms with E-state index in [1.54, 1.807) is 7.05 Å². The predicted octanol–water partition coefficient (Wildman–Crippen LogP) is 0.533. The van der Waals surface area contributed by atoms with Gasteiger partial charge in [0, 0.05) is 11.3 Å². The molecule has 2 aliphatic rings. The first kappa shape index (κ1) is 8.88. The smallest absolute Gasteiger partial charge is 0.219 e. The maximum Gasteiger partial charge on any atom is 0.219 e. The van der Waals surface area contributed by atoms with E-state index in [-0.39, 0.29) is 22.9 Å². The monoisotopic (exact) mass is 181 g/mol. The summed E-state index contributed by atoms with van der Waals surface area (Å²) in [6.07, 6.45) is 1.67. The van der Waals surface area contributed by atoms with Gasteiger partial charge in [-0.05, 0) is 19.9 Å². The zero-order chi connectivity index (χ0) is 9.85. The van der Waals surface area contributed by atoms with E-state index in [4.69, 9.17) is 0 Å². The molecule has 3 nitrogen and oxygen atoms in total. The highest BCUT2D eigenvalue weighted by Gasteiger charge is 2.68. The first-order valence-electron chi connectivity index (χ1n) is 4.75. The van der Waals surface area contributed by atoms with Crippen LogP contribution in [0.5, 0.6) is 0 Å². The number of nitrogens with one attached hydrogen (secondary N) is 1. The average molecular weight is 181 g/mol. The Morgan fingerprint density at radius 1 is 1.38 bits per heavy atom. The molecule has 0 radical (unpaired) electrons. The van der Waals surface area contributed by atoms with Crippen LogP contribution in [0.15, 0.2) is 0 Å². The fraction of sp³-hybridized carbons (Fsp3) is 0.800. The lowest BCUT2D eigenvalue weighted by molar-refractivity contribution is -0.139. The quantitative estimate of drug-likeness (QED) is 0.600. The van der Waals surface area contributed by atoms with Crippen LogP contribution in [0.4, 0.5) is 0 Å². The SMILES string of the molecule is CNC12CCC(C(=O)C1=O)C2(C)C. The van der Waals surface area contributed by atoms with Crippen molar-refractivity contribution in [3.63, 3.8) is 0 Å². The van der Waals surface area contributed by atoms with Gasteiger partial charge in [0.1, 0.15) is 0 Å². The minimum atomic E-state index is -0.561. The number of hydrogen-bond acceptors (Lipinski definition) is 3. The molecule has 0 spiro atoms. The Morgan fingerprint density at radius 2 is 2.00 bits per heavy atom. The maximum atomic E-state index is 11.7. The lowest BCUT2D eigenvalue weighted by Crippen LogP contribution is -2.54. The first-order valence-corrected chi connectivity index (χ1v) is 4.75. The lowest BCUT2D eigenvalue weighted by Gasteiger charge is -2.34. The fourth-order valence-electron chi connectivity index (χ4n) is 3.14. The standard InChI is InChI=1S/C10H15NO2/c1-9(2)6-4-5-10(9,11-3)8(13)7(6)12/h6,11H,4-5H2,1-3H3. The number of hydrogen-bond donors (Lipinski definition) is 1. The number of Topliss-reactive ketones (excluding diaryl/α,β-unsaturated/α-hetero) is 2. The third-order valence-corrected chi connectivity index (χ3v) is 4.13. The van der Waals surface area contributed by atoms with Crippen molar-refractivity contribution >= 4 is 11.6 Å². The van der Waals surface area contributed by atoms with Crippen molar-refractivity contribution in [2.45, 2.75) is 32.2 Å². The Hall–Kier alpha value is -0.700. The number of ketones is 2. The molecule has 2 atom stereocenters. The second-order valence-corrected chi connectivity index (χ2v) is 4.66. The summed E-state index contributed by atoms with van der Waals surface area (Å²) in [6.45, 7) is 4.04. The van der Waals surface area contributed by atoms with Crippen LogP contribution in [0.1, 0.15) is 26.7 Å². The zero-order valence-corrected chi connectivity index (χ0v) is 8.31. The van der Waals surface area contributed by atoms with Gasteiger partial charge < -0.3 is 5.32 Å². The summed E-state index contributed by atoms with van der Waals surface area (Å²) in [6, 6.07) is 0. The average Bonchev–Trinajstić information content (AvgIpc) is 2.41. The van der Waals surface area contributed by atoms with Gasteiger partial charge in [-0.25, -0.2) is 0 Å². The largest absolute Gasteiger partial charge is 0.307 e. The number of carbonyl (C=O) groups excluding carboxylic acids is 2. The third kappa shape index (κ3) is 0.702. The van der Waals surface area contributed by atoms with Crippen LogP contribution < -0.4 is 5.32 Å². The van der Waals surface area contributed by atoms with Crippen molar-refractivity contribution < 1.29 is 9.59 Å². The van der Waals surface area contributed by atoms with Crippen LogP contribution in [-0.4, -0.2) is 24.2 Å². The van der Waals surface area contributed by atoms with Crippen LogP contribution in [0.3, 0.4) is 0 Å². The summed E-state index contributed by atoms with van der Waals surface area (Å²) in [7, 11) is 1.78. The Kier molecular flexibility index (Phi) is 1.51. The molecule has 2 saturated carbocycles. The summed E-state index contributed by atoms with van der Waals surface area (Å²) in [4.78, 5) is 23.3. The molecular weight excluding hydrogens is 166 g/mol. The summed E-state index contributed by atoms with van der Waals surface area (Å²) in [5.41, 5.74) is -0.759. The number of rotatable bonds is 1. The van der Waals surface area contributed by atoms with Crippen LogP contribution in [0.25, 0.3) is 0 Å². The highest BCUT2D eigenvalue weighted by molar-refractivity contribution is 6.44. The van der Waals surface area contributed by atoms with Gasteiger partial charge in [-0.3, -0.25) is 9.59 Å². The van der Waals surface area contributed by atoms with E-state index in [0.29, 0.717) is 0 Å². The minimum Gasteiger partial charge on any atom is -0.307 e. The van der Waals surface area contributed by atoms with E-state index >= 15 is 0 Å². The highest BCUT2D eigenvalue weighted by Crippen LogP contribution is 2.56. The van der Waals surface area contributed by atoms with Gasteiger partial charge in [-0.15, -0.1) is 0 Å². The predicted molar refractivity (Wildman–Crippen MR) is 48.3 cm³/mol. The molecule has 0 aromatic heterocycles. The van der Waals surface area contributed by atoms with Crippen LogP contribution in [-0.2, 0) is 9.59 Å². The summed E-state index contributed by atoms with van der Waals surface area (Å²) >= 11 is 0. The van der Waals surface area contributed by atoms with Crippen molar-refractivity contribution in [1.29, 1.82) is 0 Å². The fourth-order valence-corrected chi connectivity index (χ4v) is 3.14. The molecule has 2 bridgehead atoms. The molecule has 0 heterocycles. The molecule has 2 rings (SSSR count). The molecule has 3 heteroatoms. The Balaban J connectivity index is 2.56. The number of carbonyl (C=O) groups is 2. The van der Waals surface area contributed by atoms with E-state index in [9.17, 15) is 9.59 Å². The molecule has 0 aromatic carbocycles. The van der Waals surface area contributed by atoms with Crippen LogP contribution in [0, 0.1) is 11.3 Å². The minimum absolute atomic E-state index is 0.0487. The van der Waals surface area contributed by atoms with E-state index < -0.39 is 5.54 Å². The van der Waals surface area contributed by atoms with Gasteiger partial charge >= 0.3 is 0 Å². The van der Waals surface area contributed by atoms with Crippen LogP contribution in [0.2, 0.25) is 0 Å². The van der Waals surface area contributed by atoms with Gasteiger partial charge in [0.2, 0.25) is 11.6 Å². The first-order chi connectivity index (χ1) is 5.97.